The Labute approximate surface area is 195 Å². The normalized spacial score (nSPS) is 11.7. The first-order valence-electron chi connectivity index (χ1n) is 9.96. The highest BCUT2D eigenvalue weighted by atomic mass is 35.5. The SMILES string of the molecule is CCOc1ccccc1CNS(=O)(=O)c1ccc2c(c1)sc(=O)n2Cc1ccccc1Cl. The number of nitrogens with one attached hydrogen (secondary N) is 1. The molecule has 0 amide bonds. The lowest BCUT2D eigenvalue weighted by atomic mass is 10.2. The van der Waals surface area contributed by atoms with Crippen molar-refractivity contribution in [1.29, 1.82) is 0 Å². The van der Waals surface area contributed by atoms with Gasteiger partial charge in [-0.15, -0.1) is 0 Å². The summed E-state index contributed by atoms with van der Waals surface area (Å²) >= 11 is 7.25. The second-order valence-electron chi connectivity index (χ2n) is 7.04. The third-order valence-electron chi connectivity index (χ3n) is 4.96. The average molecular weight is 489 g/mol. The fourth-order valence-corrected chi connectivity index (χ4v) is 5.60. The maximum atomic E-state index is 12.9. The number of fused-ring (bicyclic) bond motifs is 1. The van der Waals surface area contributed by atoms with E-state index >= 15 is 0 Å². The number of hydrogen-bond acceptors (Lipinski definition) is 5. The number of nitrogens with zero attached hydrogens (tertiary/aromatic N) is 1. The van der Waals surface area contributed by atoms with Crippen LogP contribution in [0.15, 0.2) is 76.4 Å². The Balaban J connectivity index is 1.60. The van der Waals surface area contributed by atoms with Crippen LogP contribution in [0.4, 0.5) is 0 Å². The van der Waals surface area contributed by atoms with E-state index in [2.05, 4.69) is 4.72 Å². The van der Waals surface area contributed by atoms with Gasteiger partial charge in [-0.2, -0.15) is 0 Å². The molecule has 1 N–H and O–H groups in total. The molecule has 0 aliphatic heterocycles. The molecule has 0 aliphatic rings. The quantitative estimate of drug-likeness (QED) is 0.392. The van der Waals surface area contributed by atoms with Gasteiger partial charge in [-0.3, -0.25) is 9.36 Å². The van der Waals surface area contributed by atoms with E-state index < -0.39 is 10.0 Å². The van der Waals surface area contributed by atoms with Gasteiger partial charge in [-0.25, -0.2) is 13.1 Å². The molecule has 0 fully saturated rings. The molecule has 1 aromatic heterocycles. The molecule has 4 rings (SSSR count). The second-order valence-corrected chi connectivity index (χ2v) is 10.2. The first kappa shape index (κ1) is 22.5. The van der Waals surface area contributed by atoms with Gasteiger partial charge in [-0.1, -0.05) is 59.3 Å². The molecule has 3 aromatic carbocycles. The molecular formula is C23H21ClN2O4S2. The van der Waals surface area contributed by atoms with Crippen molar-refractivity contribution in [3.8, 4) is 5.75 Å². The highest BCUT2D eigenvalue weighted by Gasteiger charge is 2.18. The van der Waals surface area contributed by atoms with Gasteiger partial charge < -0.3 is 4.74 Å². The Morgan fingerprint density at radius 1 is 1.03 bits per heavy atom. The van der Waals surface area contributed by atoms with E-state index in [0.717, 1.165) is 22.5 Å². The zero-order valence-corrected chi connectivity index (χ0v) is 19.6. The fourth-order valence-electron chi connectivity index (χ4n) is 3.36. The number of ether oxygens (including phenoxy) is 1. The van der Waals surface area contributed by atoms with Gasteiger partial charge >= 0.3 is 4.87 Å². The maximum absolute atomic E-state index is 12.9. The predicted octanol–water partition coefficient (Wildman–Crippen LogP) is 4.64. The Morgan fingerprint density at radius 3 is 2.50 bits per heavy atom. The van der Waals surface area contributed by atoms with E-state index in [0.29, 0.717) is 34.1 Å². The van der Waals surface area contributed by atoms with Crippen molar-refractivity contribution in [3.05, 3.63) is 92.5 Å². The number of sulfonamides is 1. The summed E-state index contributed by atoms with van der Waals surface area (Å²) in [5.41, 5.74) is 2.23. The van der Waals surface area contributed by atoms with E-state index in [1.165, 1.54) is 12.1 Å². The van der Waals surface area contributed by atoms with Crippen LogP contribution in [0.2, 0.25) is 5.02 Å². The molecular weight excluding hydrogens is 468 g/mol. The van der Waals surface area contributed by atoms with Crippen molar-refractivity contribution in [1.82, 2.24) is 9.29 Å². The standard InChI is InChI=1S/C23H21ClN2O4S2/c1-2-30-21-10-6-4-7-16(21)14-25-32(28,29)18-11-12-20-22(13-18)31-23(27)26(20)15-17-8-3-5-9-19(17)24/h3-13,25H,2,14-15H2,1H3. The van der Waals surface area contributed by atoms with E-state index in [4.69, 9.17) is 16.3 Å². The molecule has 0 aliphatic carbocycles. The number of para-hydroxylation sites is 1. The summed E-state index contributed by atoms with van der Waals surface area (Å²) < 4.78 is 36.2. The zero-order valence-electron chi connectivity index (χ0n) is 17.2. The number of benzene rings is 3. The molecule has 32 heavy (non-hydrogen) atoms. The highest BCUT2D eigenvalue weighted by molar-refractivity contribution is 7.89. The van der Waals surface area contributed by atoms with Crippen molar-refractivity contribution in [2.75, 3.05) is 6.61 Å². The molecule has 9 heteroatoms. The van der Waals surface area contributed by atoms with Gasteiger partial charge in [0, 0.05) is 17.1 Å². The van der Waals surface area contributed by atoms with E-state index in [1.807, 2.05) is 43.3 Å². The summed E-state index contributed by atoms with van der Waals surface area (Å²) in [6, 6.07) is 19.3. The molecule has 0 unspecified atom stereocenters. The molecule has 0 radical (unpaired) electrons. The zero-order chi connectivity index (χ0) is 22.7. The van der Waals surface area contributed by atoms with E-state index in [9.17, 15) is 13.2 Å². The van der Waals surface area contributed by atoms with Crippen LogP contribution in [0.5, 0.6) is 5.75 Å². The van der Waals surface area contributed by atoms with E-state index in [1.54, 1.807) is 22.8 Å². The molecule has 6 nitrogen and oxygen atoms in total. The van der Waals surface area contributed by atoms with Crippen LogP contribution in [0.1, 0.15) is 18.1 Å². The molecule has 1 heterocycles. The van der Waals surface area contributed by atoms with Crippen LogP contribution in [0, 0.1) is 0 Å². The van der Waals surface area contributed by atoms with Crippen LogP contribution in [0.3, 0.4) is 0 Å². The third-order valence-corrected chi connectivity index (χ3v) is 7.67. The number of rotatable bonds is 8. The predicted molar refractivity (Wildman–Crippen MR) is 128 cm³/mol. The van der Waals surface area contributed by atoms with Crippen LogP contribution in [0.25, 0.3) is 10.2 Å². The minimum Gasteiger partial charge on any atom is -0.494 e. The van der Waals surface area contributed by atoms with Gasteiger partial charge in [0.2, 0.25) is 10.0 Å². The van der Waals surface area contributed by atoms with Crippen molar-refractivity contribution in [2.24, 2.45) is 0 Å². The maximum Gasteiger partial charge on any atom is 0.308 e. The van der Waals surface area contributed by atoms with Gasteiger partial charge in [-0.05, 0) is 42.8 Å². The summed E-state index contributed by atoms with van der Waals surface area (Å²) in [7, 11) is -3.78. The van der Waals surface area contributed by atoms with Crippen molar-refractivity contribution >= 4 is 43.2 Å². The fraction of sp³-hybridized carbons (Fsp3) is 0.174. The van der Waals surface area contributed by atoms with Crippen molar-refractivity contribution in [2.45, 2.75) is 24.9 Å². The minimum atomic E-state index is -3.78. The topological polar surface area (TPSA) is 77.4 Å². The summed E-state index contributed by atoms with van der Waals surface area (Å²) in [5, 5.41) is 0.578. The Kier molecular flexibility index (Phi) is 6.66. The first-order chi connectivity index (χ1) is 15.4. The molecule has 0 saturated carbocycles. The number of halogens is 1. The lowest BCUT2D eigenvalue weighted by molar-refractivity contribution is 0.336. The smallest absolute Gasteiger partial charge is 0.308 e. The molecule has 0 bridgehead atoms. The molecule has 0 spiro atoms. The Hall–Kier alpha value is -2.65. The molecule has 0 saturated heterocycles. The molecule has 4 aromatic rings. The average Bonchev–Trinajstić information content (AvgIpc) is 3.09. The van der Waals surface area contributed by atoms with Crippen LogP contribution >= 0.6 is 22.9 Å². The molecule has 0 atom stereocenters. The van der Waals surface area contributed by atoms with Crippen LogP contribution in [-0.2, 0) is 23.1 Å². The second kappa shape index (κ2) is 9.46. The summed E-state index contributed by atoms with van der Waals surface area (Å²) in [5.74, 6) is 0.642. The van der Waals surface area contributed by atoms with Gasteiger partial charge in [0.05, 0.1) is 28.3 Å². The highest BCUT2D eigenvalue weighted by Crippen LogP contribution is 2.25. The third kappa shape index (κ3) is 4.73. The summed E-state index contributed by atoms with van der Waals surface area (Å²) in [4.78, 5) is 12.5. The largest absolute Gasteiger partial charge is 0.494 e. The van der Waals surface area contributed by atoms with Gasteiger partial charge in [0.15, 0.2) is 0 Å². The lowest BCUT2D eigenvalue weighted by Crippen LogP contribution is -2.23. The lowest BCUT2D eigenvalue weighted by Gasteiger charge is -2.11. The summed E-state index contributed by atoms with van der Waals surface area (Å²) in [6.45, 7) is 2.78. The van der Waals surface area contributed by atoms with Crippen molar-refractivity contribution < 1.29 is 13.2 Å². The van der Waals surface area contributed by atoms with E-state index in [-0.39, 0.29) is 16.3 Å². The van der Waals surface area contributed by atoms with Crippen molar-refractivity contribution in [3.63, 3.8) is 0 Å². The Morgan fingerprint density at radius 2 is 1.75 bits per heavy atom. The molecule has 166 valence electrons. The Bertz CT molecular complexity index is 1430. The van der Waals surface area contributed by atoms with Gasteiger partial charge in [0.1, 0.15) is 5.75 Å². The van der Waals surface area contributed by atoms with Crippen LogP contribution in [-0.4, -0.2) is 19.6 Å². The number of aromatic nitrogens is 1. The van der Waals surface area contributed by atoms with Gasteiger partial charge in [0.25, 0.3) is 0 Å². The monoisotopic (exact) mass is 488 g/mol. The van der Waals surface area contributed by atoms with Crippen LogP contribution < -0.4 is 14.3 Å². The number of thiazole rings is 1. The number of hydrogen-bond donors (Lipinski definition) is 1. The first-order valence-corrected chi connectivity index (χ1v) is 12.6. The summed E-state index contributed by atoms with van der Waals surface area (Å²) in [6.07, 6.45) is 0. The minimum absolute atomic E-state index is 0.0975.